The monoisotopic (exact) mass is 302 g/mol. The van der Waals surface area contributed by atoms with Gasteiger partial charge in [-0.05, 0) is 18.4 Å². The van der Waals surface area contributed by atoms with Gasteiger partial charge in [0, 0.05) is 22.3 Å². The fourth-order valence-corrected chi connectivity index (χ4v) is 2.26. The third-order valence-electron chi connectivity index (χ3n) is 2.09. The van der Waals surface area contributed by atoms with Gasteiger partial charge in [0.05, 0.1) is 12.2 Å². The molecule has 0 aliphatic carbocycles. The molecule has 3 nitrogen and oxygen atoms in total. The van der Waals surface area contributed by atoms with Gasteiger partial charge in [-0.25, -0.2) is 0 Å². The van der Waals surface area contributed by atoms with Gasteiger partial charge in [0.1, 0.15) is 0 Å². The van der Waals surface area contributed by atoms with Crippen LogP contribution in [0, 0.1) is 5.92 Å². The van der Waals surface area contributed by atoms with Gasteiger partial charge in [-0.2, -0.15) is 11.8 Å². The first-order valence-electron chi connectivity index (χ1n) is 5.00. The van der Waals surface area contributed by atoms with Crippen molar-refractivity contribution in [3.63, 3.8) is 0 Å². The Balaban J connectivity index is 2.42. The van der Waals surface area contributed by atoms with Crippen molar-refractivity contribution >= 4 is 33.6 Å². The zero-order valence-electron chi connectivity index (χ0n) is 9.37. The van der Waals surface area contributed by atoms with E-state index < -0.39 is 0 Å². The Morgan fingerprint density at radius 1 is 1.69 bits per heavy atom. The highest BCUT2D eigenvalue weighted by Gasteiger charge is 2.11. The Hall–Kier alpha value is -0.550. The summed E-state index contributed by atoms with van der Waals surface area (Å²) < 4.78 is 0.976. The number of carbonyl (C=O) groups is 1. The van der Waals surface area contributed by atoms with Gasteiger partial charge in [-0.15, -0.1) is 0 Å². The number of pyridine rings is 1. The lowest BCUT2D eigenvalue weighted by molar-refractivity contribution is -0.124. The van der Waals surface area contributed by atoms with Crippen LogP contribution < -0.4 is 5.32 Å². The molecule has 16 heavy (non-hydrogen) atoms. The molecule has 0 aliphatic rings. The molecule has 0 saturated carbocycles. The van der Waals surface area contributed by atoms with Crippen LogP contribution in [0.25, 0.3) is 0 Å². The molecule has 0 bridgehead atoms. The van der Waals surface area contributed by atoms with Crippen molar-refractivity contribution in [3.8, 4) is 0 Å². The molecule has 1 amide bonds. The summed E-state index contributed by atoms with van der Waals surface area (Å²) in [5.74, 6) is 0.968. The third kappa shape index (κ3) is 4.53. The first-order valence-corrected chi connectivity index (χ1v) is 7.19. The Bertz CT molecular complexity index is 360. The third-order valence-corrected chi connectivity index (χ3v) is 3.41. The van der Waals surface area contributed by atoms with Gasteiger partial charge in [-0.3, -0.25) is 9.78 Å². The number of carbonyl (C=O) groups excluding carboxylic acids is 1. The quantitative estimate of drug-likeness (QED) is 0.908. The predicted octanol–water partition coefficient (Wildman–Crippen LogP) is 2.46. The van der Waals surface area contributed by atoms with Crippen LogP contribution >= 0.6 is 27.7 Å². The minimum absolute atomic E-state index is 0.0437. The van der Waals surface area contributed by atoms with Gasteiger partial charge < -0.3 is 5.32 Å². The van der Waals surface area contributed by atoms with E-state index in [1.807, 2.05) is 25.3 Å². The summed E-state index contributed by atoms with van der Waals surface area (Å²) in [6.07, 6.45) is 3.72. The molecule has 1 rings (SSSR count). The van der Waals surface area contributed by atoms with Crippen molar-refractivity contribution in [2.45, 2.75) is 13.5 Å². The van der Waals surface area contributed by atoms with Crippen LogP contribution in [0.5, 0.6) is 0 Å². The topological polar surface area (TPSA) is 42.0 Å². The number of halogens is 1. The van der Waals surface area contributed by atoms with Crippen LogP contribution in [0.3, 0.4) is 0 Å². The number of nitrogens with zero attached hydrogens (tertiary/aromatic N) is 1. The molecular formula is C11H15BrN2OS. The Kier molecular flexibility index (Phi) is 5.84. The number of hydrogen-bond donors (Lipinski definition) is 1. The average molecular weight is 303 g/mol. The van der Waals surface area contributed by atoms with Gasteiger partial charge >= 0.3 is 0 Å². The highest BCUT2D eigenvalue weighted by atomic mass is 79.9. The first kappa shape index (κ1) is 13.5. The van der Waals surface area contributed by atoms with E-state index in [9.17, 15) is 4.79 Å². The maximum atomic E-state index is 11.6. The smallest absolute Gasteiger partial charge is 0.223 e. The molecule has 1 unspecified atom stereocenters. The predicted molar refractivity (Wildman–Crippen MR) is 71.3 cm³/mol. The van der Waals surface area contributed by atoms with E-state index in [-0.39, 0.29) is 11.8 Å². The van der Waals surface area contributed by atoms with E-state index in [4.69, 9.17) is 0 Å². The lowest BCUT2D eigenvalue weighted by Gasteiger charge is -2.10. The Labute approximate surface area is 109 Å². The number of nitrogens with one attached hydrogen (secondary N) is 1. The second-order valence-electron chi connectivity index (χ2n) is 3.54. The SMILES string of the molecule is CSCC(C)C(=O)NCc1cc(Br)ccn1. The number of aromatic nitrogens is 1. The van der Waals surface area contributed by atoms with Crippen molar-refractivity contribution in [1.82, 2.24) is 10.3 Å². The molecule has 0 radical (unpaired) electrons. The standard InChI is InChI=1S/C11H15BrN2OS/c1-8(7-16-2)11(15)14-6-10-5-9(12)3-4-13-10/h3-5,8H,6-7H2,1-2H3,(H,14,15). The molecule has 1 atom stereocenters. The van der Waals surface area contributed by atoms with Crippen LogP contribution in [-0.2, 0) is 11.3 Å². The maximum absolute atomic E-state index is 11.6. The van der Waals surface area contributed by atoms with E-state index in [0.29, 0.717) is 6.54 Å². The molecule has 88 valence electrons. The number of amides is 1. The molecule has 1 aromatic rings. The van der Waals surface area contributed by atoms with Crippen LogP contribution in [0.4, 0.5) is 0 Å². The highest BCUT2D eigenvalue weighted by molar-refractivity contribution is 9.10. The molecule has 0 aromatic carbocycles. The van der Waals surface area contributed by atoms with E-state index in [0.717, 1.165) is 15.9 Å². The zero-order valence-corrected chi connectivity index (χ0v) is 11.8. The molecule has 0 spiro atoms. The Morgan fingerprint density at radius 3 is 3.06 bits per heavy atom. The van der Waals surface area contributed by atoms with Crippen molar-refractivity contribution < 1.29 is 4.79 Å². The largest absolute Gasteiger partial charge is 0.350 e. The molecule has 0 aliphatic heterocycles. The lowest BCUT2D eigenvalue weighted by Crippen LogP contribution is -2.30. The van der Waals surface area contributed by atoms with Gasteiger partial charge in [0.2, 0.25) is 5.91 Å². The Morgan fingerprint density at radius 2 is 2.44 bits per heavy atom. The van der Waals surface area contributed by atoms with Gasteiger partial charge in [0.15, 0.2) is 0 Å². The molecule has 1 heterocycles. The van der Waals surface area contributed by atoms with E-state index >= 15 is 0 Å². The number of thioether (sulfide) groups is 1. The van der Waals surface area contributed by atoms with Crippen LogP contribution in [0.1, 0.15) is 12.6 Å². The highest BCUT2D eigenvalue weighted by Crippen LogP contribution is 2.09. The van der Waals surface area contributed by atoms with E-state index in [1.54, 1.807) is 18.0 Å². The van der Waals surface area contributed by atoms with Crippen molar-refractivity contribution in [2.24, 2.45) is 5.92 Å². The van der Waals surface area contributed by atoms with Crippen molar-refractivity contribution in [1.29, 1.82) is 0 Å². The molecule has 1 aromatic heterocycles. The van der Waals surface area contributed by atoms with Crippen molar-refractivity contribution in [2.75, 3.05) is 12.0 Å². The lowest BCUT2D eigenvalue weighted by atomic mass is 10.2. The van der Waals surface area contributed by atoms with Gasteiger partial charge in [0.25, 0.3) is 0 Å². The zero-order chi connectivity index (χ0) is 12.0. The van der Waals surface area contributed by atoms with Crippen LogP contribution in [-0.4, -0.2) is 22.9 Å². The summed E-state index contributed by atoms with van der Waals surface area (Å²) in [6, 6.07) is 3.77. The molecule has 1 N–H and O–H groups in total. The first-order chi connectivity index (χ1) is 7.63. The normalized spacial score (nSPS) is 12.2. The minimum Gasteiger partial charge on any atom is -0.350 e. The second kappa shape index (κ2) is 6.91. The average Bonchev–Trinajstić information content (AvgIpc) is 2.26. The van der Waals surface area contributed by atoms with Crippen molar-refractivity contribution in [3.05, 3.63) is 28.5 Å². The molecule has 5 heteroatoms. The molecule has 0 saturated heterocycles. The van der Waals surface area contributed by atoms with Crippen LogP contribution in [0.2, 0.25) is 0 Å². The summed E-state index contributed by atoms with van der Waals surface area (Å²) in [6.45, 7) is 2.41. The fourth-order valence-electron chi connectivity index (χ4n) is 1.22. The van der Waals surface area contributed by atoms with E-state index in [1.165, 1.54) is 0 Å². The summed E-state index contributed by atoms with van der Waals surface area (Å²) >= 11 is 5.05. The fraction of sp³-hybridized carbons (Fsp3) is 0.455. The number of hydrogen-bond acceptors (Lipinski definition) is 3. The maximum Gasteiger partial charge on any atom is 0.223 e. The van der Waals surface area contributed by atoms with Crippen LogP contribution in [0.15, 0.2) is 22.8 Å². The minimum atomic E-state index is 0.0437. The molecular weight excluding hydrogens is 288 g/mol. The summed E-state index contributed by atoms with van der Waals surface area (Å²) in [4.78, 5) is 15.8. The summed E-state index contributed by atoms with van der Waals surface area (Å²) in [7, 11) is 0. The van der Waals surface area contributed by atoms with Gasteiger partial charge in [-0.1, -0.05) is 22.9 Å². The summed E-state index contributed by atoms with van der Waals surface area (Å²) in [5.41, 5.74) is 0.860. The van der Waals surface area contributed by atoms with E-state index in [2.05, 4.69) is 26.2 Å². The summed E-state index contributed by atoms with van der Waals surface area (Å²) in [5, 5.41) is 2.88. The molecule has 0 fully saturated rings. The number of rotatable bonds is 5. The second-order valence-corrected chi connectivity index (χ2v) is 5.37.